The fourth-order valence-corrected chi connectivity index (χ4v) is 1.60. The van der Waals surface area contributed by atoms with E-state index in [1.165, 1.54) is 12.8 Å². The quantitative estimate of drug-likeness (QED) is 0.837. The van der Waals surface area contributed by atoms with Gasteiger partial charge in [-0.05, 0) is 34.5 Å². The fraction of sp³-hybridized carbons (Fsp3) is 0.545. The van der Waals surface area contributed by atoms with E-state index < -0.39 is 0 Å². The number of anilines is 1. The summed E-state index contributed by atoms with van der Waals surface area (Å²) in [6.45, 7) is 2.84. The lowest BCUT2D eigenvalue weighted by molar-refractivity contribution is 0.612. The largest absolute Gasteiger partial charge is 0.366 e. The summed E-state index contributed by atoms with van der Waals surface area (Å²) in [6, 6.07) is 4.26. The Bertz CT molecular complexity index is 274. The molecule has 0 aliphatic carbocycles. The predicted molar refractivity (Wildman–Crippen MR) is 67.9 cm³/mol. The number of hydrogen-bond acceptors (Lipinski definition) is 3. The summed E-state index contributed by atoms with van der Waals surface area (Å²) in [4.78, 5) is 4.26. The number of aromatic nitrogens is 1. The number of hydrogen-bond donors (Lipinski definition) is 2. The van der Waals surface area contributed by atoms with Crippen LogP contribution < -0.4 is 11.1 Å². The molecular formula is C11H18BrN3. The summed E-state index contributed by atoms with van der Waals surface area (Å²) in [5.41, 5.74) is 5.69. The average Bonchev–Trinajstić information content (AvgIpc) is 2.27. The Morgan fingerprint density at radius 3 is 2.87 bits per heavy atom. The van der Waals surface area contributed by atoms with Gasteiger partial charge in [0.05, 0.1) is 0 Å². The van der Waals surface area contributed by atoms with Gasteiger partial charge in [0.2, 0.25) is 0 Å². The first-order chi connectivity index (χ1) is 7.26. The van der Waals surface area contributed by atoms with Crippen molar-refractivity contribution in [3.63, 3.8) is 0 Å². The van der Waals surface area contributed by atoms with E-state index in [2.05, 4.69) is 33.2 Å². The molecule has 1 unspecified atom stereocenters. The highest BCUT2D eigenvalue weighted by molar-refractivity contribution is 9.10. The van der Waals surface area contributed by atoms with Crippen molar-refractivity contribution in [1.82, 2.24) is 4.98 Å². The minimum Gasteiger partial charge on any atom is -0.366 e. The van der Waals surface area contributed by atoms with Crippen molar-refractivity contribution in [3.05, 3.63) is 22.8 Å². The van der Waals surface area contributed by atoms with Gasteiger partial charge in [-0.15, -0.1) is 0 Å². The van der Waals surface area contributed by atoms with Crippen LogP contribution in [0.1, 0.15) is 26.2 Å². The van der Waals surface area contributed by atoms with Crippen LogP contribution in [-0.2, 0) is 0 Å². The molecule has 4 heteroatoms. The summed E-state index contributed by atoms with van der Waals surface area (Å²) < 4.78 is 0.992. The van der Waals surface area contributed by atoms with Crippen molar-refractivity contribution in [2.45, 2.75) is 32.2 Å². The molecule has 3 nitrogen and oxygen atoms in total. The van der Waals surface area contributed by atoms with Gasteiger partial charge in [-0.25, -0.2) is 4.98 Å². The predicted octanol–water partition coefficient (Wildman–Crippen LogP) is 2.77. The summed E-state index contributed by atoms with van der Waals surface area (Å²) in [5, 5.41) is 3.33. The molecule has 0 saturated carbocycles. The van der Waals surface area contributed by atoms with Crippen LogP contribution in [0.15, 0.2) is 22.8 Å². The molecule has 1 heterocycles. The Morgan fingerprint density at radius 1 is 1.53 bits per heavy atom. The van der Waals surface area contributed by atoms with Crippen LogP contribution in [0.4, 0.5) is 5.82 Å². The number of halogens is 1. The minimum atomic E-state index is 0.332. The zero-order valence-corrected chi connectivity index (χ0v) is 10.6. The highest BCUT2D eigenvalue weighted by atomic mass is 79.9. The molecule has 0 fully saturated rings. The van der Waals surface area contributed by atoms with E-state index in [0.717, 1.165) is 16.7 Å². The van der Waals surface area contributed by atoms with E-state index in [0.29, 0.717) is 12.6 Å². The molecule has 0 aliphatic heterocycles. The Hall–Kier alpha value is -0.610. The molecule has 1 aromatic rings. The molecule has 0 bridgehead atoms. The van der Waals surface area contributed by atoms with E-state index in [-0.39, 0.29) is 0 Å². The van der Waals surface area contributed by atoms with Gasteiger partial charge in [0.1, 0.15) is 5.82 Å². The Morgan fingerprint density at radius 2 is 2.33 bits per heavy atom. The maximum Gasteiger partial charge on any atom is 0.126 e. The first kappa shape index (κ1) is 12.5. The number of pyridine rings is 1. The molecule has 0 radical (unpaired) electrons. The maximum atomic E-state index is 5.69. The third-order valence-corrected chi connectivity index (χ3v) is 2.74. The fourth-order valence-electron chi connectivity index (χ4n) is 1.37. The van der Waals surface area contributed by atoms with E-state index in [4.69, 9.17) is 5.73 Å². The molecule has 1 atom stereocenters. The summed E-state index contributed by atoms with van der Waals surface area (Å²) in [6.07, 6.45) is 5.29. The lowest BCUT2D eigenvalue weighted by atomic mass is 10.1. The first-order valence-corrected chi connectivity index (χ1v) is 6.13. The number of nitrogens with zero attached hydrogens (tertiary/aromatic N) is 1. The third-order valence-electron chi connectivity index (χ3n) is 2.27. The molecule has 0 saturated heterocycles. The SMILES string of the molecule is CCCCC(CN)Nc1ccc(Br)cn1. The molecule has 1 aromatic heterocycles. The Labute approximate surface area is 99.6 Å². The molecule has 0 aliphatic rings. The number of nitrogens with two attached hydrogens (primary N) is 1. The standard InChI is InChI=1S/C11H18BrN3/c1-2-3-4-10(7-13)15-11-6-5-9(12)8-14-11/h5-6,8,10H,2-4,7,13H2,1H3,(H,14,15). The lowest BCUT2D eigenvalue weighted by Crippen LogP contribution is -2.29. The van der Waals surface area contributed by atoms with Crippen LogP contribution in [0.3, 0.4) is 0 Å². The smallest absolute Gasteiger partial charge is 0.126 e. The van der Waals surface area contributed by atoms with E-state index in [9.17, 15) is 0 Å². The first-order valence-electron chi connectivity index (χ1n) is 5.34. The number of unbranched alkanes of at least 4 members (excludes halogenated alkanes) is 1. The highest BCUT2D eigenvalue weighted by Gasteiger charge is 2.05. The molecule has 3 N–H and O–H groups in total. The van der Waals surface area contributed by atoms with Crippen LogP contribution >= 0.6 is 15.9 Å². The van der Waals surface area contributed by atoms with Gasteiger partial charge in [0, 0.05) is 23.3 Å². The molecule has 1 rings (SSSR count). The van der Waals surface area contributed by atoms with Gasteiger partial charge in [-0.2, -0.15) is 0 Å². The summed E-state index contributed by atoms with van der Waals surface area (Å²) >= 11 is 3.36. The second-order valence-electron chi connectivity index (χ2n) is 3.58. The maximum absolute atomic E-state index is 5.69. The van der Waals surface area contributed by atoms with E-state index in [1.54, 1.807) is 6.20 Å². The zero-order chi connectivity index (χ0) is 11.1. The summed E-state index contributed by atoms with van der Waals surface area (Å²) in [5.74, 6) is 0.893. The average molecular weight is 272 g/mol. The van der Waals surface area contributed by atoms with Crippen LogP contribution in [-0.4, -0.2) is 17.6 Å². The van der Waals surface area contributed by atoms with Crippen LogP contribution in [0.5, 0.6) is 0 Å². The third kappa shape index (κ3) is 4.62. The van der Waals surface area contributed by atoms with Crippen molar-refractivity contribution in [3.8, 4) is 0 Å². The van der Waals surface area contributed by atoms with Gasteiger partial charge in [0.15, 0.2) is 0 Å². The topological polar surface area (TPSA) is 50.9 Å². The number of rotatable bonds is 6. The van der Waals surface area contributed by atoms with Crippen LogP contribution in [0, 0.1) is 0 Å². The van der Waals surface area contributed by atoms with E-state index in [1.807, 2.05) is 12.1 Å². The van der Waals surface area contributed by atoms with Crippen molar-refractivity contribution >= 4 is 21.7 Å². The number of nitrogens with one attached hydrogen (secondary N) is 1. The Kier molecular flexibility index (Phi) is 5.65. The molecule has 15 heavy (non-hydrogen) atoms. The van der Waals surface area contributed by atoms with Crippen molar-refractivity contribution in [1.29, 1.82) is 0 Å². The normalized spacial score (nSPS) is 12.5. The van der Waals surface area contributed by atoms with Crippen molar-refractivity contribution < 1.29 is 0 Å². The van der Waals surface area contributed by atoms with Crippen LogP contribution in [0.2, 0.25) is 0 Å². The highest BCUT2D eigenvalue weighted by Crippen LogP contribution is 2.12. The molecular weight excluding hydrogens is 254 g/mol. The second kappa shape index (κ2) is 6.80. The van der Waals surface area contributed by atoms with Gasteiger partial charge >= 0.3 is 0 Å². The molecule has 0 aromatic carbocycles. The molecule has 0 spiro atoms. The lowest BCUT2D eigenvalue weighted by Gasteiger charge is -2.16. The second-order valence-corrected chi connectivity index (χ2v) is 4.50. The van der Waals surface area contributed by atoms with Crippen molar-refractivity contribution in [2.75, 3.05) is 11.9 Å². The monoisotopic (exact) mass is 271 g/mol. The zero-order valence-electron chi connectivity index (χ0n) is 9.04. The molecule has 0 amide bonds. The van der Waals surface area contributed by atoms with Crippen LogP contribution in [0.25, 0.3) is 0 Å². The Balaban J connectivity index is 2.47. The van der Waals surface area contributed by atoms with Gasteiger partial charge < -0.3 is 11.1 Å². The van der Waals surface area contributed by atoms with Gasteiger partial charge in [0.25, 0.3) is 0 Å². The minimum absolute atomic E-state index is 0.332. The van der Waals surface area contributed by atoms with E-state index >= 15 is 0 Å². The van der Waals surface area contributed by atoms with Gasteiger partial charge in [-0.1, -0.05) is 19.8 Å². The van der Waals surface area contributed by atoms with Gasteiger partial charge in [-0.3, -0.25) is 0 Å². The molecule has 84 valence electrons. The summed E-state index contributed by atoms with van der Waals surface area (Å²) in [7, 11) is 0. The van der Waals surface area contributed by atoms with Crippen molar-refractivity contribution in [2.24, 2.45) is 5.73 Å².